The zero-order valence-corrected chi connectivity index (χ0v) is 15.3. The first-order chi connectivity index (χ1) is 13.4. The number of benzene rings is 2. The van der Waals surface area contributed by atoms with E-state index >= 15 is 0 Å². The summed E-state index contributed by atoms with van der Waals surface area (Å²) in [7, 11) is -5.05. The third-order valence-electron chi connectivity index (χ3n) is 3.59. The number of rotatable bonds is 4. The lowest BCUT2D eigenvalue weighted by Gasteiger charge is -2.07. The summed E-state index contributed by atoms with van der Waals surface area (Å²) in [6.07, 6.45) is 0. The Kier molecular flexibility index (Phi) is 5.30. The summed E-state index contributed by atoms with van der Waals surface area (Å²) in [5.74, 6) is -14.9. The van der Waals surface area contributed by atoms with E-state index in [1.165, 1.54) is 6.07 Å². The molecule has 0 aliphatic heterocycles. The molecule has 6 nitrogen and oxygen atoms in total. The Labute approximate surface area is 161 Å². The second kappa shape index (κ2) is 7.30. The number of carbonyl (C=O) groups excluding carboxylic acids is 2. The van der Waals surface area contributed by atoms with Crippen LogP contribution in [-0.2, 0) is 4.57 Å². The van der Waals surface area contributed by atoms with Gasteiger partial charge in [0.15, 0.2) is 0 Å². The Bertz CT molecular complexity index is 1210. The summed E-state index contributed by atoms with van der Waals surface area (Å²) < 4.78 is 82.4. The topological polar surface area (TPSA) is 101 Å². The SMILES string of the molecule is O=C(Oc1c(F)c(F)c(F)c(F)c1F)c1cc2cc(C(=O)P(=O)(O)O)ccc2s1. The molecule has 29 heavy (non-hydrogen) atoms. The van der Waals surface area contributed by atoms with E-state index in [2.05, 4.69) is 4.74 Å². The normalized spacial score (nSPS) is 11.7. The maximum absolute atomic E-state index is 13.6. The number of hydrogen-bond donors (Lipinski definition) is 2. The predicted molar refractivity (Wildman–Crippen MR) is 89.4 cm³/mol. The molecule has 0 atom stereocenters. The standard InChI is InChI=1S/C16H6F5O6PS/c17-9-10(18)12(20)14(13(21)11(9)19)27-15(22)8-4-6-3-5(1-2-7(6)29-8)16(23)28(24,25)26/h1-4H,(H2,24,25,26). The summed E-state index contributed by atoms with van der Waals surface area (Å²) in [5.41, 5.74) is -1.82. The van der Waals surface area contributed by atoms with Crippen molar-refractivity contribution in [1.29, 1.82) is 0 Å². The van der Waals surface area contributed by atoms with Gasteiger partial charge in [0.25, 0.3) is 5.52 Å². The van der Waals surface area contributed by atoms with E-state index in [0.717, 1.165) is 18.2 Å². The molecule has 1 heterocycles. The van der Waals surface area contributed by atoms with Crippen molar-refractivity contribution in [3.8, 4) is 5.75 Å². The van der Waals surface area contributed by atoms with Crippen LogP contribution in [-0.4, -0.2) is 21.3 Å². The van der Waals surface area contributed by atoms with E-state index in [4.69, 9.17) is 9.79 Å². The van der Waals surface area contributed by atoms with Crippen LogP contribution in [0.5, 0.6) is 5.75 Å². The molecule has 0 aliphatic rings. The highest BCUT2D eigenvalue weighted by Crippen LogP contribution is 2.40. The Morgan fingerprint density at radius 3 is 2.00 bits per heavy atom. The number of thiophene rings is 1. The molecule has 0 saturated carbocycles. The van der Waals surface area contributed by atoms with Gasteiger partial charge in [0, 0.05) is 10.3 Å². The summed E-state index contributed by atoms with van der Waals surface area (Å²) in [6, 6.07) is 4.45. The molecule has 0 spiro atoms. The maximum atomic E-state index is 13.6. The van der Waals surface area contributed by atoms with Crippen LogP contribution in [0.1, 0.15) is 20.0 Å². The number of fused-ring (bicyclic) bond motifs is 1. The molecule has 0 saturated heterocycles. The lowest BCUT2D eigenvalue weighted by Crippen LogP contribution is -2.12. The van der Waals surface area contributed by atoms with Gasteiger partial charge >= 0.3 is 13.6 Å². The molecule has 2 N–H and O–H groups in total. The Hall–Kier alpha value is -2.66. The molecule has 2 aromatic carbocycles. The molecule has 0 amide bonds. The molecular weight excluding hydrogens is 446 g/mol. The van der Waals surface area contributed by atoms with Crippen molar-refractivity contribution in [3.63, 3.8) is 0 Å². The van der Waals surface area contributed by atoms with Crippen molar-refractivity contribution in [2.75, 3.05) is 0 Å². The predicted octanol–water partition coefficient (Wildman–Crippen LogP) is 4.13. The highest BCUT2D eigenvalue weighted by atomic mass is 32.1. The first kappa shape index (κ1) is 21.1. The second-order valence-electron chi connectivity index (χ2n) is 5.50. The van der Waals surface area contributed by atoms with E-state index in [0.29, 0.717) is 16.0 Å². The zero-order valence-electron chi connectivity index (χ0n) is 13.6. The first-order valence-corrected chi connectivity index (χ1v) is 9.72. The van der Waals surface area contributed by atoms with Gasteiger partial charge in [0.1, 0.15) is 4.88 Å². The van der Waals surface area contributed by atoms with Gasteiger partial charge in [-0.15, -0.1) is 11.3 Å². The van der Waals surface area contributed by atoms with E-state index in [1.54, 1.807) is 0 Å². The smallest absolute Gasteiger partial charge is 0.396 e. The molecule has 152 valence electrons. The summed E-state index contributed by atoms with van der Waals surface area (Å²) in [4.78, 5) is 41.2. The molecule has 0 unspecified atom stereocenters. The number of halogens is 5. The van der Waals surface area contributed by atoms with Crippen molar-refractivity contribution >= 4 is 40.5 Å². The molecule has 0 aliphatic carbocycles. The minimum Gasteiger partial charge on any atom is -0.416 e. The first-order valence-electron chi connectivity index (χ1n) is 7.29. The summed E-state index contributed by atoms with van der Waals surface area (Å²) in [5, 5.41) is 0.152. The Morgan fingerprint density at radius 2 is 1.45 bits per heavy atom. The van der Waals surface area contributed by atoms with E-state index in [1.807, 2.05) is 0 Å². The summed E-state index contributed by atoms with van der Waals surface area (Å²) in [6.45, 7) is 0. The number of ether oxygens (including phenoxy) is 1. The average Bonchev–Trinajstić information content (AvgIpc) is 3.10. The highest BCUT2D eigenvalue weighted by molar-refractivity contribution is 7.70. The lowest BCUT2D eigenvalue weighted by atomic mass is 10.2. The molecule has 1 aromatic heterocycles. The Morgan fingerprint density at radius 1 is 0.897 bits per heavy atom. The van der Waals surface area contributed by atoms with Gasteiger partial charge in [-0.2, -0.15) is 8.78 Å². The molecule has 0 radical (unpaired) electrons. The van der Waals surface area contributed by atoms with Crippen molar-refractivity contribution in [2.24, 2.45) is 0 Å². The van der Waals surface area contributed by atoms with Crippen molar-refractivity contribution < 1.29 is 50.6 Å². The molecule has 3 rings (SSSR count). The van der Waals surface area contributed by atoms with Gasteiger partial charge in [0.2, 0.25) is 34.8 Å². The van der Waals surface area contributed by atoms with Gasteiger partial charge in [-0.3, -0.25) is 9.36 Å². The fourth-order valence-corrected chi connectivity index (χ4v) is 3.66. The highest BCUT2D eigenvalue weighted by Gasteiger charge is 2.30. The fourth-order valence-electron chi connectivity index (χ4n) is 2.26. The second-order valence-corrected chi connectivity index (χ2v) is 8.08. The quantitative estimate of drug-likeness (QED) is 0.154. The van der Waals surface area contributed by atoms with Crippen LogP contribution in [0.15, 0.2) is 24.3 Å². The third kappa shape index (κ3) is 3.79. The van der Waals surface area contributed by atoms with Crippen molar-refractivity contribution in [2.45, 2.75) is 0 Å². The van der Waals surface area contributed by atoms with Gasteiger partial charge in [-0.25, -0.2) is 18.0 Å². The largest absolute Gasteiger partial charge is 0.416 e. The monoisotopic (exact) mass is 452 g/mol. The average molecular weight is 452 g/mol. The van der Waals surface area contributed by atoms with E-state index in [9.17, 15) is 36.1 Å². The lowest BCUT2D eigenvalue weighted by molar-refractivity contribution is 0.0721. The Balaban J connectivity index is 1.97. The van der Waals surface area contributed by atoms with Crippen molar-refractivity contribution in [3.05, 3.63) is 63.8 Å². The van der Waals surface area contributed by atoms with Gasteiger partial charge in [-0.1, -0.05) is 0 Å². The van der Waals surface area contributed by atoms with Crippen LogP contribution in [0.2, 0.25) is 0 Å². The molecule has 3 aromatic rings. The number of esters is 1. The number of hydrogen-bond acceptors (Lipinski definition) is 5. The number of carbonyl (C=O) groups is 2. The molecular formula is C16H6F5O6PS. The summed E-state index contributed by atoms with van der Waals surface area (Å²) >= 11 is 0.689. The molecule has 0 fully saturated rings. The minimum absolute atomic E-state index is 0.152. The minimum atomic E-state index is -5.05. The van der Waals surface area contributed by atoms with E-state index in [-0.39, 0.29) is 15.8 Å². The van der Waals surface area contributed by atoms with Crippen LogP contribution < -0.4 is 4.74 Å². The van der Waals surface area contributed by atoms with Crippen LogP contribution in [0.25, 0.3) is 10.1 Å². The zero-order chi connectivity index (χ0) is 21.7. The van der Waals surface area contributed by atoms with E-state index < -0.39 is 53.9 Å². The van der Waals surface area contributed by atoms with Crippen molar-refractivity contribution in [1.82, 2.24) is 0 Å². The van der Waals surface area contributed by atoms with Crippen LogP contribution in [0.3, 0.4) is 0 Å². The third-order valence-corrected chi connectivity index (χ3v) is 5.48. The fraction of sp³-hybridized carbons (Fsp3) is 0. The van der Waals surface area contributed by atoms with Crippen LogP contribution in [0.4, 0.5) is 22.0 Å². The maximum Gasteiger partial charge on any atom is 0.396 e. The molecule has 0 bridgehead atoms. The molecule has 13 heteroatoms. The van der Waals surface area contributed by atoms with Gasteiger partial charge < -0.3 is 14.5 Å². The van der Waals surface area contributed by atoms with Crippen LogP contribution in [0, 0.1) is 29.1 Å². The van der Waals surface area contributed by atoms with Gasteiger partial charge in [-0.05, 0) is 29.7 Å². The van der Waals surface area contributed by atoms with Crippen LogP contribution >= 0.6 is 18.9 Å². The van der Waals surface area contributed by atoms with Gasteiger partial charge in [0.05, 0.1) is 0 Å².